The monoisotopic (exact) mass is 204 g/mol. The van der Waals surface area contributed by atoms with Gasteiger partial charge in [0.1, 0.15) is 5.69 Å². The molecule has 3 nitrogen and oxygen atoms in total. The van der Waals surface area contributed by atoms with Gasteiger partial charge in [-0.25, -0.2) is 9.97 Å². The second kappa shape index (κ2) is 3.67. The number of aldehydes is 1. The van der Waals surface area contributed by atoms with Crippen LogP contribution in [0.1, 0.15) is 16.2 Å². The van der Waals surface area contributed by atoms with Crippen LogP contribution in [0.3, 0.4) is 0 Å². The Hall–Kier alpha value is -1.55. The molecule has 0 spiro atoms. The van der Waals surface area contributed by atoms with Crippen LogP contribution in [0.25, 0.3) is 11.4 Å². The van der Waals surface area contributed by atoms with Gasteiger partial charge in [-0.05, 0) is 24.4 Å². The lowest BCUT2D eigenvalue weighted by molar-refractivity contribution is 0.111. The second-order valence-electron chi connectivity index (χ2n) is 2.89. The molecule has 4 heteroatoms. The third-order valence-corrected chi connectivity index (χ3v) is 2.46. The van der Waals surface area contributed by atoms with Crippen LogP contribution >= 0.6 is 11.3 Å². The number of carbonyl (C=O) groups is 1. The maximum Gasteiger partial charge on any atom is 0.168 e. The first kappa shape index (κ1) is 9.02. The van der Waals surface area contributed by atoms with Gasteiger partial charge in [0.05, 0.1) is 0 Å². The van der Waals surface area contributed by atoms with Crippen molar-refractivity contribution in [2.45, 2.75) is 6.92 Å². The van der Waals surface area contributed by atoms with Crippen molar-refractivity contribution >= 4 is 17.6 Å². The molecule has 2 heterocycles. The summed E-state index contributed by atoms with van der Waals surface area (Å²) in [6, 6.07) is 3.61. The summed E-state index contributed by atoms with van der Waals surface area (Å²) < 4.78 is 0. The highest BCUT2D eigenvalue weighted by Crippen LogP contribution is 2.18. The van der Waals surface area contributed by atoms with E-state index in [0.717, 1.165) is 17.5 Å². The molecule has 2 aromatic heterocycles. The molecule has 0 saturated carbocycles. The average Bonchev–Trinajstić information content (AvgIpc) is 2.69. The Balaban J connectivity index is 2.54. The molecule has 0 aliphatic heterocycles. The molecule has 0 bridgehead atoms. The quantitative estimate of drug-likeness (QED) is 0.705. The summed E-state index contributed by atoms with van der Waals surface area (Å²) >= 11 is 1.59. The highest BCUT2D eigenvalue weighted by molar-refractivity contribution is 7.08. The first-order valence-electron chi connectivity index (χ1n) is 4.13. The molecule has 0 saturated heterocycles. The van der Waals surface area contributed by atoms with E-state index in [-0.39, 0.29) is 0 Å². The molecule has 0 aromatic carbocycles. The summed E-state index contributed by atoms with van der Waals surface area (Å²) in [5.41, 5.74) is 2.20. The minimum absolute atomic E-state index is 0.429. The number of hydrogen-bond donors (Lipinski definition) is 0. The van der Waals surface area contributed by atoms with Crippen molar-refractivity contribution in [2.75, 3.05) is 0 Å². The molecule has 0 N–H and O–H groups in total. The van der Waals surface area contributed by atoms with Crippen molar-refractivity contribution in [3.8, 4) is 11.4 Å². The predicted molar refractivity (Wildman–Crippen MR) is 55.5 cm³/mol. The van der Waals surface area contributed by atoms with E-state index in [0.29, 0.717) is 11.5 Å². The average molecular weight is 204 g/mol. The van der Waals surface area contributed by atoms with Gasteiger partial charge in [-0.1, -0.05) is 0 Å². The third-order valence-electron chi connectivity index (χ3n) is 1.77. The molecular weight excluding hydrogens is 196 g/mol. The summed E-state index contributed by atoms with van der Waals surface area (Å²) in [5.74, 6) is 0.619. The molecule has 0 fully saturated rings. The number of aromatic nitrogens is 2. The van der Waals surface area contributed by atoms with Gasteiger partial charge in [-0.3, -0.25) is 4.79 Å². The first-order valence-corrected chi connectivity index (χ1v) is 5.07. The van der Waals surface area contributed by atoms with Crippen molar-refractivity contribution < 1.29 is 4.79 Å². The van der Waals surface area contributed by atoms with Crippen molar-refractivity contribution in [3.63, 3.8) is 0 Å². The Morgan fingerprint density at radius 1 is 1.43 bits per heavy atom. The molecular formula is C10H8N2OS. The minimum Gasteiger partial charge on any atom is -0.296 e. The number of hydrogen-bond acceptors (Lipinski definition) is 4. The number of aryl methyl sites for hydroxylation is 1. The van der Waals surface area contributed by atoms with Crippen molar-refractivity contribution in [3.05, 3.63) is 34.3 Å². The highest BCUT2D eigenvalue weighted by Gasteiger charge is 2.04. The molecule has 0 atom stereocenters. The standard InChI is InChI=1S/C10H8N2OS/c1-7-4-9(5-13)12-10(11-7)8-2-3-14-6-8/h2-6H,1H3. The fourth-order valence-electron chi connectivity index (χ4n) is 1.17. The van der Waals surface area contributed by atoms with Gasteiger partial charge in [-0.2, -0.15) is 11.3 Å². The molecule has 0 aliphatic rings. The van der Waals surface area contributed by atoms with Crippen LogP contribution in [0.15, 0.2) is 22.9 Å². The molecule has 70 valence electrons. The minimum atomic E-state index is 0.429. The number of thiophene rings is 1. The van der Waals surface area contributed by atoms with E-state index < -0.39 is 0 Å². The molecule has 2 aromatic rings. The fraction of sp³-hybridized carbons (Fsp3) is 0.100. The highest BCUT2D eigenvalue weighted by atomic mass is 32.1. The smallest absolute Gasteiger partial charge is 0.168 e. The van der Waals surface area contributed by atoms with Crippen molar-refractivity contribution in [1.29, 1.82) is 0 Å². The van der Waals surface area contributed by atoms with Gasteiger partial charge in [0.2, 0.25) is 0 Å². The van der Waals surface area contributed by atoms with E-state index >= 15 is 0 Å². The zero-order chi connectivity index (χ0) is 9.97. The number of nitrogens with zero attached hydrogens (tertiary/aromatic N) is 2. The Labute approximate surface area is 85.5 Å². The van der Waals surface area contributed by atoms with Crippen LogP contribution in [0.2, 0.25) is 0 Å². The van der Waals surface area contributed by atoms with E-state index in [4.69, 9.17) is 0 Å². The summed E-state index contributed by atoms with van der Waals surface area (Å²) in [7, 11) is 0. The van der Waals surface area contributed by atoms with E-state index in [9.17, 15) is 4.79 Å². The van der Waals surface area contributed by atoms with Crippen LogP contribution in [0.4, 0.5) is 0 Å². The zero-order valence-electron chi connectivity index (χ0n) is 7.60. The van der Waals surface area contributed by atoms with Crippen LogP contribution in [0.5, 0.6) is 0 Å². The van der Waals surface area contributed by atoms with Gasteiger partial charge in [-0.15, -0.1) is 0 Å². The van der Waals surface area contributed by atoms with Gasteiger partial charge >= 0.3 is 0 Å². The Morgan fingerprint density at radius 2 is 2.29 bits per heavy atom. The van der Waals surface area contributed by atoms with Gasteiger partial charge in [0.15, 0.2) is 12.1 Å². The zero-order valence-corrected chi connectivity index (χ0v) is 8.41. The SMILES string of the molecule is Cc1cc(C=O)nc(-c2ccsc2)n1. The van der Waals surface area contributed by atoms with E-state index in [2.05, 4.69) is 9.97 Å². The van der Waals surface area contributed by atoms with E-state index in [1.54, 1.807) is 17.4 Å². The van der Waals surface area contributed by atoms with E-state index in [1.807, 2.05) is 23.8 Å². The van der Waals surface area contributed by atoms with Crippen LogP contribution in [-0.4, -0.2) is 16.3 Å². The molecule has 14 heavy (non-hydrogen) atoms. The Morgan fingerprint density at radius 3 is 2.93 bits per heavy atom. The lowest BCUT2D eigenvalue weighted by Crippen LogP contribution is -1.95. The summed E-state index contributed by atoms with van der Waals surface area (Å²) in [6.45, 7) is 1.85. The topological polar surface area (TPSA) is 42.9 Å². The summed E-state index contributed by atoms with van der Waals surface area (Å²) in [6.07, 6.45) is 0.741. The molecule has 2 rings (SSSR count). The van der Waals surface area contributed by atoms with Gasteiger partial charge < -0.3 is 0 Å². The number of rotatable bonds is 2. The lowest BCUT2D eigenvalue weighted by atomic mass is 10.3. The fourth-order valence-corrected chi connectivity index (χ4v) is 1.81. The van der Waals surface area contributed by atoms with Crippen LogP contribution in [-0.2, 0) is 0 Å². The van der Waals surface area contributed by atoms with Crippen LogP contribution in [0, 0.1) is 6.92 Å². The number of carbonyl (C=O) groups excluding carboxylic acids is 1. The normalized spacial score (nSPS) is 10.1. The van der Waals surface area contributed by atoms with E-state index in [1.165, 1.54) is 0 Å². The molecule has 0 radical (unpaired) electrons. The predicted octanol–water partition coefficient (Wildman–Crippen LogP) is 2.33. The maximum atomic E-state index is 10.6. The van der Waals surface area contributed by atoms with Gasteiger partial charge in [0.25, 0.3) is 0 Å². The first-order chi connectivity index (χ1) is 6.79. The maximum absolute atomic E-state index is 10.6. The third kappa shape index (κ3) is 1.70. The molecule has 0 unspecified atom stereocenters. The molecule has 0 amide bonds. The van der Waals surface area contributed by atoms with Crippen molar-refractivity contribution in [1.82, 2.24) is 9.97 Å². The lowest BCUT2D eigenvalue weighted by Gasteiger charge is -1.99. The molecule has 0 aliphatic carbocycles. The summed E-state index contributed by atoms with van der Waals surface area (Å²) in [5, 5.41) is 3.92. The van der Waals surface area contributed by atoms with Crippen LogP contribution < -0.4 is 0 Å². The Bertz CT molecular complexity index is 451. The largest absolute Gasteiger partial charge is 0.296 e. The van der Waals surface area contributed by atoms with Crippen molar-refractivity contribution in [2.24, 2.45) is 0 Å². The summed E-state index contributed by atoms with van der Waals surface area (Å²) in [4.78, 5) is 19.0. The van der Waals surface area contributed by atoms with Gasteiger partial charge in [0, 0.05) is 16.6 Å². The second-order valence-corrected chi connectivity index (χ2v) is 3.67. The Kier molecular flexibility index (Phi) is 2.37.